The van der Waals surface area contributed by atoms with Gasteiger partial charge in [0, 0.05) is 6.42 Å². The van der Waals surface area contributed by atoms with Gasteiger partial charge in [-0.2, -0.15) is 0 Å². The Morgan fingerprint density at radius 3 is 0.960 bits per heavy atom. The largest absolute Gasteiger partial charge is 0.256 e. The summed E-state index contributed by atoms with van der Waals surface area (Å²) in [5.41, 5.74) is 0. The summed E-state index contributed by atoms with van der Waals surface area (Å²) in [7, 11) is 0. The van der Waals surface area contributed by atoms with E-state index in [4.69, 9.17) is 0 Å². The molecule has 1 rings (SSSR count). The molecule has 296 valence electrons. The molecule has 0 aromatic carbocycles. The summed E-state index contributed by atoms with van der Waals surface area (Å²) in [6.07, 6.45) is 62.3. The minimum Gasteiger partial charge on any atom is -0.234 e. The minimum absolute atomic E-state index is 1.23. The monoisotopic (exact) mass is 700 g/mol. The van der Waals surface area contributed by atoms with Gasteiger partial charge in [-0.1, -0.05) is 239 Å². The quantitative estimate of drug-likeness (QED) is 0.0474. The molecule has 0 aliphatic rings. The van der Waals surface area contributed by atoms with Crippen molar-refractivity contribution in [2.24, 2.45) is 0 Å². The lowest BCUT2D eigenvalue weighted by Crippen LogP contribution is -2.37. The molecule has 0 aliphatic carbocycles. The molecule has 0 atom stereocenters. The molecule has 0 aliphatic heterocycles. The van der Waals surface area contributed by atoms with Crippen LogP contribution in [0.1, 0.15) is 277 Å². The SMILES string of the molecule is CCCCCCCCCCCCCCCCC[n+]1ccn(CCCCCCCCCCCCCC)c1CCCCCCCCCCCCCC. The number of rotatable bonds is 42. The lowest BCUT2D eigenvalue weighted by Gasteiger charge is -2.07. The molecule has 2 heteroatoms. The summed E-state index contributed by atoms with van der Waals surface area (Å²) in [5, 5.41) is 0. The highest BCUT2D eigenvalue weighted by Gasteiger charge is 2.16. The van der Waals surface area contributed by atoms with Gasteiger partial charge in [-0.15, -0.1) is 0 Å². The van der Waals surface area contributed by atoms with Crippen molar-refractivity contribution in [1.29, 1.82) is 0 Å². The molecule has 50 heavy (non-hydrogen) atoms. The molecule has 0 fully saturated rings. The average Bonchev–Trinajstić information content (AvgIpc) is 3.51. The first-order valence-electron chi connectivity index (χ1n) is 23.9. The number of hydrogen-bond donors (Lipinski definition) is 0. The van der Waals surface area contributed by atoms with Crippen LogP contribution < -0.4 is 4.57 Å². The molecule has 0 radical (unpaired) electrons. The Hall–Kier alpha value is -0.790. The molecule has 1 aromatic heterocycles. The Bertz CT molecular complexity index is 766. The van der Waals surface area contributed by atoms with Gasteiger partial charge in [0.25, 0.3) is 5.82 Å². The molecule has 1 heterocycles. The number of hydrogen-bond acceptors (Lipinski definition) is 0. The Morgan fingerprint density at radius 2 is 0.620 bits per heavy atom. The van der Waals surface area contributed by atoms with Crippen LogP contribution in [0.4, 0.5) is 0 Å². The smallest absolute Gasteiger partial charge is 0.234 e. The maximum absolute atomic E-state index is 2.65. The van der Waals surface area contributed by atoms with E-state index < -0.39 is 0 Å². The van der Waals surface area contributed by atoms with Crippen LogP contribution in [0.5, 0.6) is 0 Å². The third kappa shape index (κ3) is 30.8. The van der Waals surface area contributed by atoms with Gasteiger partial charge >= 0.3 is 0 Å². The van der Waals surface area contributed by atoms with Gasteiger partial charge in [0.05, 0.1) is 13.1 Å². The van der Waals surface area contributed by atoms with Crippen LogP contribution in [-0.2, 0) is 19.5 Å². The second kappa shape index (κ2) is 39.4. The van der Waals surface area contributed by atoms with E-state index in [1.807, 2.05) is 0 Å². The van der Waals surface area contributed by atoms with Crippen molar-refractivity contribution in [3.05, 3.63) is 18.2 Å². The maximum atomic E-state index is 2.65. The van der Waals surface area contributed by atoms with E-state index in [0.29, 0.717) is 0 Å². The molecule has 0 bridgehead atoms. The Labute approximate surface area is 317 Å². The van der Waals surface area contributed by atoms with Gasteiger partial charge in [-0.05, 0) is 32.1 Å². The summed E-state index contributed by atoms with van der Waals surface area (Å²) in [6.45, 7) is 9.41. The average molecular weight is 700 g/mol. The second-order valence-corrected chi connectivity index (χ2v) is 16.6. The normalized spacial score (nSPS) is 11.7. The highest BCUT2D eigenvalue weighted by molar-refractivity contribution is 4.84. The highest BCUT2D eigenvalue weighted by atomic mass is 15.1. The van der Waals surface area contributed by atoms with Crippen LogP contribution in [-0.4, -0.2) is 4.57 Å². The van der Waals surface area contributed by atoms with E-state index in [9.17, 15) is 0 Å². The van der Waals surface area contributed by atoms with Crippen LogP contribution in [0.15, 0.2) is 12.4 Å². The van der Waals surface area contributed by atoms with Crippen molar-refractivity contribution in [3.63, 3.8) is 0 Å². The van der Waals surface area contributed by atoms with Gasteiger partial charge in [-0.25, -0.2) is 9.13 Å². The summed E-state index contributed by atoms with van der Waals surface area (Å²) < 4.78 is 5.31. The zero-order chi connectivity index (χ0) is 35.8. The molecule has 0 spiro atoms. The fraction of sp³-hybridized carbons (Fsp3) is 0.938. The van der Waals surface area contributed by atoms with E-state index in [1.54, 1.807) is 5.82 Å². The minimum atomic E-state index is 1.23. The van der Waals surface area contributed by atoms with E-state index >= 15 is 0 Å². The Morgan fingerprint density at radius 1 is 0.340 bits per heavy atom. The molecule has 0 amide bonds. The first-order valence-corrected chi connectivity index (χ1v) is 23.9. The fourth-order valence-corrected chi connectivity index (χ4v) is 8.09. The lowest BCUT2D eigenvalue weighted by atomic mass is 10.0. The third-order valence-electron chi connectivity index (χ3n) is 11.6. The number of unbranched alkanes of at least 4 members (excludes halogenated alkanes) is 36. The molecule has 1 aromatic rings. The van der Waals surface area contributed by atoms with Crippen LogP contribution in [0.25, 0.3) is 0 Å². The van der Waals surface area contributed by atoms with E-state index in [-0.39, 0.29) is 0 Å². The lowest BCUT2D eigenvalue weighted by molar-refractivity contribution is -0.704. The predicted molar refractivity (Wildman–Crippen MR) is 225 cm³/mol. The Balaban J connectivity index is 2.26. The van der Waals surface area contributed by atoms with Crippen molar-refractivity contribution in [2.75, 3.05) is 0 Å². The van der Waals surface area contributed by atoms with E-state index in [2.05, 4.69) is 42.3 Å². The van der Waals surface area contributed by atoms with Crippen LogP contribution >= 0.6 is 0 Å². The van der Waals surface area contributed by atoms with Crippen LogP contribution in [0.3, 0.4) is 0 Å². The number of aryl methyl sites for hydroxylation is 2. The number of nitrogens with zero attached hydrogens (tertiary/aromatic N) is 2. The first-order chi connectivity index (χ1) is 24.8. The van der Waals surface area contributed by atoms with Crippen molar-refractivity contribution >= 4 is 0 Å². The zero-order valence-electron chi connectivity index (χ0n) is 35.2. The van der Waals surface area contributed by atoms with Gasteiger partial charge < -0.3 is 0 Å². The molecule has 2 nitrogen and oxygen atoms in total. The molecule has 0 saturated carbocycles. The third-order valence-corrected chi connectivity index (χ3v) is 11.6. The standard InChI is InChI=1S/C48H95N2/c1-4-7-10-13-16-19-22-25-26-27-30-33-36-39-42-45-50-47-46-49(44-41-38-35-32-29-24-21-18-15-12-9-6-3)48(50)43-40-37-34-31-28-23-20-17-14-11-8-5-2/h46-47H,4-45H2,1-3H3/q+1. The topological polar surface area (TPSA) is 8.81 Å². The molecule has 0 saturated heterocycles. The molecular weight excluding hydrogens is 605 g/mol. The van der Waals surface area contributed by atoms with Crippen LogP contribution in [0, 0.1) is 0 Å². The number of aromatic nitrogens is 2. The van der Waals surface area contributed by atoms with Gasteiger partial charge in [0.1, 0.15) is 12.4 Å². The van der Waals surface area contributed by atoms with Gasteiger partial charge in [-0.3, -0.25) is 0 Å². The first kappa shape index (κ1) is 47.2. The van der Waals surface area contributed by atoms with Crippen molar-refractivity contribution in [2.45, 2.75) is 291 Å². The Kier molecular flexibility index (Phi) is 37.2. The van der Waals surface area contributed by atoms with Crippen molar-refractivity contribution in [1.82, 2.24) is 4.57 Å². The molecule has 0 unspecified atom stereocenters. The second-order valence-electron chi connectivity index (χ2n) is 16.6. The van der Waals surface area contributed by atoms with Crippen molar-refractivity contribution < 1.29 is 4.57 Å². The van der Waals surface area contributed by atoms with Crippen LogP contribution in [0.2, 0.25) is 0 Å². The highest BCUT2D eigenvalue weighted by Crippen LogP contribution is 2.16. The fourth-order valence-electron chi connectivity index (χ4n) is 8.09. The van der Waals surface area contributed by atoms with Gasteiger partial charge in [0.15, 0.2) is 0 Å². The van der Waals surface area contributed by atoms with E-state index in [0.717, 1.165) is 0 Å². The summed E-state index contributed by atoms with van der Waals surface area (Å²) in [5.74, 6) is 1.63. The number of imidazole rings is 1. The predicted octanol–water partition coefficient (Wildman–Crippen LogP) is 16.6. The maximum Gasteiger partial charge on any atom is 0.256 e. The molecule has 0 N–H and O–H groups in total. The summed E-state index contributed by atoms with van der Waals surface area (Å²) in [4.78, 5) is 0. The van der Waals surface area contributed by atoms with E-state index in [1.165, 1.54) is 270 Å². The zero-order valence-corrected chi connectivity index (χ0v) is 35.2. The summed E-state index contributed by atoms with van der Waals surface area (Å²) >= 11 is 0. The molecular formula is C48H95N2+. The van der Waals surface area contributed by atoms with Crippen molar-refractivity contribution in [3.8, 4) is 0 Å². The van der Waals surface area contributed by atoms with Gasteiger partial charge in [0.2, 0.25) is 0 Å². The summed E-state index contributed by atoms with van der Waals surface area (Å²) in [6, 6.07) is 0.